The molecular formula is C20H21F2NO3. The Hall–Kier alpha value is -2.76. The lowest BCUT2D eigenvalue weighted by Gasteiger charge is -2.18. The SMILES string of the molecule is CC[C@H](C)c1ccccc1NC(=O)[C@H](C)OC(=O)c1ccc(F)cc1F. The van der Waals surface area contributed by atoms with Gasteiger partial charge in [0.15, 0.2) is 6.10 Å². The summed E-state index contributed by atoms with van der Waals surface area (Å²) in [6.07, 6.45) is -0.238. The van der Waals surface area contributed by atoms with Crippen molar-refractivity contribution in [3.63, 3.8) is 0 Å². The molecule has 0 saturated carbocycles. The Bertz CT molecular complexity index is 807. The van der Waals surface area contributed by atoms with Gasteiger partial charge in [-0.1, -0.05) is 32.0 Å². The third kappa shape index (κ3) is 4.65. The minimum atomic E-state index is -1.14. The van der Waals surface area contributed by atoms with Crippen LogP contribution < -0.4 is 5.32 Å². The maximum Gasteiger partial charge on any atom is 0.341 e. The number of amides is 1. The Labute approximate surface area is 151 Å². The van der Waals surface area contributed by atoms with Gasteiger partial charge in [-0.05, 0) is 43.0 Å². The number of para-hydroxylation sites is 1. The molecule has 2 aromatic rings. The van der Waals surface area contributed by atoms with E-state index < -0.39 is 35.2 Å². The summed E-state index contributed by atoms with van der Waals surface area (Å²) in [5, 5.41) is 2.74. The molecule has 1 N–H and O–H groups in total. The fourth-order valence-electron chi connectivity index (χ4n) is 2.43. The van der Waals surface area contributed by atoms with E-state index in [0.717, 1.165) is 24.1 Å². The van der Waals surface area contributed by atoms with Crippen LogP contribution in [0.5, 0.6) is 0 Å². The molecule has 6 heteroatoms. The number of halogens is 2. The summed E-state index contributed by atoms with van der Waals surface area (Å²) in [5.74, 6) is -3.15. The number of benzene rings is 2. The molecular weight excluding hydrogens is 340 g/mol. The van der Waals surface area contributed by atoms with Crippen molar-refractivity contribution in [1.29, 1.82) is 0 Å². The minimum Gasteiger partial charge on any atom is -0.449 e. The first kappa shape index (κ1) is 19.6. The van der Waals surface area contributed by atoms with Crippen molar-refractivity contribution < 1.29 is 23.1 Å². The summed E-state index contributed by atoms with van der Waals surface area (Å²) < 4.78 is 31.6. The molecule has 0 bridgehead atoms. The topological polar surface area (TPSA) is 55.4 Å². The summed E-state index contributed by atoms with van der Waals surface area (Å²) in [7, 11) is 0. The molecule has 0 heterocycles. The van der Waals surface area contributed by atoms with Crippen LogP contribution in [0, 0.1) is 11.6 Å². The monoisotopic (exact) mass is 361 g/mol. The van der Waals surface area contributed by atoms with Crippen molar-refractivity contribution in [2.24, 2.45) is 0 Å². The van der Waals surface area contributed by atoms with E-state index in [1.54, 1.807) is 12.1 Å². The number of esters is 1. The number of hydrogen-bond donors (Lipinski definition) is 1. The van der Waals surface area contributed by atoms with E-state index in [-0.39, 0.29) is 5.92 Å². The highest BCUT2D eigenvalue weighted by Gasteiger charge is 2.22. The van der Waals surface area contributed by atoms with Crippen LogP contribution in [0.25, 0.3) is 0 Å². The second-order valence-electron chi connectivity index (χ2n) is 6.06. The molecule has 0 unspecified atom stereocenters. The second-order valence-corrected chi connectivity index (χ2v) is 6.06. The van der Waals surface area contributed by atoms with E-state index >= 15 is 0 Å². The zero-order valence-electron chi connectivity index (χ0n) is 14.9. The zero-order valence-corrected chi connectivity index (χ0v) is 14.9. The average Bonchev–Trinajstić information content (AvgIpc) is 2.61. The molecule has 1 amide bonds. The standard InChI is InChI=1S/C20H21F2NO3/c1-4-12(2)15-7-5-6-8-18(15)23-19(24)13(3)26-20(25)16-10-9-14(21)11-17(16)22/h5-13H,4H2,1-3H3,(H,23,24)/t12-,13-/m0/s1. The van der Waals surface area contributed by atoms with Crippen molar-refractivity contribution in [3.05, 3.63) is 65.2 Å². The molecule has 0 aliphatic heterocycles. The summed E-state index contributed by atoms with van der Waals surface area (Å²) in [6.45, 7) is 5.48. The second kappa shape index (κ2) is 8.56. The number of rotatable bonds is 6. The Morgan fingerprint density at radius 1 is 1.12 bits per heavy atom. The van der Waals surface area contributed by atoms with Gasteiger partial charge in [-0.15, -0.1) is 0 Å². The number of hydrogen-bond acceptors (Lipinski definition) is 3. The Kier molecular flexibility index (Phi) is 6.44. The van der Waals surface area contributed by atoms with Gasteiger partial charge in [0, 0.05) is 11.8 Å². The van der Waals surface area contributed by atoms with Gasteiger partial charge in [-0.2, -0.15) is 0 Å². The first-order valence-corrected chi connectivity index (χ1v) is 8.39. The van der Waals surface area contributed by atoms with E-state index in [0.29, 0.717) is 11.8 Å². The van der Waals surface area contributed by atoms with E-state index in [4.69, 9.17) is 4.74 Å². The van der Waals surface area contributed by atoms with Crippen LogP contribution in [-0.4, -0.2) is 18.0 Å². The molecule has 0 saturated heterocycles. The summed E-state index contributed by atoms with van der Waals surface area (Å²) in [5.41, 5.74) is 1.19. The van der Waals surface area contributed by atoms with E-state index in [9.17, 15) is 18.4 Å². The van der Waals surface area contributed by atoms with Crippen molar-refractivity contribution in [1.82, 2.24) is 0 Å². The molecule has 4 nitrogen and oxygen atoms in total. The van der Waals surface area contributed by atoms with Crippen molar-refractivity contribution >= 4 is 17.6 Å². The summed E-state index contributed by atoms with van der Waals surface area (Å²) in [4.78, 5) is 24.3. The lowest BCUT2D eigenvalue weighted by atomic mass is 9.97. The molecule has 138 valence electrons. The number of ether oxygens (including phenoxy) is 1. The molecule has 0 spiro atoms. The smallest absolute Gasteiger partial charge is 0.341 e. The Morgan fingerprint density at radius 2 is 1.81 bits per heavy atom. The van der Waals surface area contributed by atoms with Gasteiger partial charge < -0.3 is 10.1 Å². The van der Waals surface area contributed by atoms with Gasteiger partial charge in [0.2, 0.25) is 0 Å². The van der Waals surface area contributed by atoms with Gasteiger partial charge in [-0.25, -0.2) is 13.6 Å². The van der Waals surface area contributed by atoms with Gasteiger partial charge in [-0.3, -0.25) is 4.79 Å². The fraction of sp³-hybridized carbons (Fsp3) is 0.300. The van der Waals surface area contributed by atoms with Gasteiger partial charge in [0.05, 0.1) is 5.56 Å². The third-order valence-electron chi connectivity index (χ3n) is 4.17. The fourth-order valence-corrected chi connectivity index (χ4v) is 2.43. The van der Waals surface area contributed by atoms with Crippen LogP contribution in [0.1, 0.15) is 49.0 Å². The molecule has 0 radical (unpaired) electrons. The van der Waals surface area contributed by atoms with Crippen molar-refractivity contribution in [2.45, 2.75) is 39.2 Å². The maximum absolute atomic E-state index is 13.6. The predicted molar refractivity (Wildman–Crippen MR) is 95.0 cm³/mol. The maximum atomic E-state index is 13.6. The number of carbonyl (C=O) groups excluding carboxylic acids is 2. The minimum absolute atomic E-state index is 0.248. The van der Waals surface area contributed by atoms with Gasteiger partial charge in [0.25, 0.3) is 5.91 Å². The van der Waals surface area contributed by atoms with Gasteiger partial charge in [0.1, 0.15) is 11.6 Å². The van der Waals surface area contributed by atoms with Crippen LogP contribution in [0.3, 0.4) is 0 Å². The number of anilines is 1. The molecule has 0 aliphatic rings. The van der Waals surface area contributed by atoms with Crippen molar-refractivity contribution in [3.8, 4) is 0 Å². The molecule has 0 fully saturated rings. The first-order valence-electron chi connectivity index (χ1n) is 8.39. The van der Waals surface area contributed by atoms with Crippen LogP contribution in [0.4, 0.5) is 14.5 Å². The summed E-state index contributed by atoms with van der Waals surface area (Å²) in [6, 6.07) is 9.90. The quantitative estimate of drug-likeness (QED) is 0.761. The average molecular weight is 361 g/mol. The molecule has 26 heavy (non-hydrogen) atoms. The highest BCUT2D eigenvalue weighted by Crippen LogP contribution is 2.26. The predicted octanol–water partition coefficient (Wildman–Crippen LogP) is 4.66. The normalized spacial score (nSPS) is 13.0. The first-order chi connectivity index (χ1) is 12.3. The summed E-state index contributed by atoms with van der Waals surface area (Å²) >= 11 is 0. The highest BCUT2D eigenvalue weighted by atomic mass is 19.1. The number of nitrogens with one attached hydrogen (secondary N) is 1. The van der Waals surface area contributed by atoms with Crippen LogP contribution in [0.15, 0.2) is 42.5 Å². The molecule has 2 aromatic carbocycles. The van der Waals surface area contributed by atoms with E-state index in [1.807, 2.05) is 26.0 Å². The van der Waals surface area contributed by atoms with E-state index in [2.05, 4.69) is 5.32 Å². The molecule has 0 aromatic heterocycles. The number of carbonyl (C=O) groups is 2. The van der Waals surface area contributed by atoms with Crippen LogP contribution >= 0.6 is 0 Å². The molecule has 2 rings (SSSR count). The van der Waals surface area contributed by atoms with Crippen molar-refractivity contribution in [2.75, 3.05) is 5.32 Å². The lowest BCUT2D eigenvalue weighted by Crippen LogP contribution is -2.30. The molecule has 0 aliphatic carbocycles. The van der Waals surface area contributed by atoms with Crippen LogP contribution in [0.2, 0.25) is 0 Å². The largest absolute Gasteiger partial charge is 0.449 e. The highest BCUT2D eigenvalue weighted by molar-refractivity contribution is 5.97. The van der Waals surface area contributed by atoms with Gasteiger partial charge >= 0.3 is 5.97 Å². The lowest BCUT2D eigenvalue weighted by molar-refractivity contribution is -0.123. The molecule has 2 atom stereocenters. The third-order valence-corrected chi connectivity index (χ3v) is 4.17. The van der Waals surface area contributed by atoms with E-state index in [1.165, 1.54) is 6.92 Å². The Balaban J connectivity index is 2.07. The Morgan fingerprint density at radius 3 is 2.46 bits per heavy atom. The zero-order chi connectivity index (χ0) is 19.3. The van der Waals surface area contributed by atoms with Crippen LogP contribution in [-0.2, 0) is 9.53 Å².